The fraction of sp³-hybridized carbons (Fsp3) is 0.118. The molecule has 29 heavy (non-hydrogen) atoms. The van der Waals surface area contributed by atoms with Gasteiger partial charge in [0.1, 0.15) is 0 Å². The van der Waals surface area contributed by atoms with Gasteiger partial charge in [0, 0.05) is 23.4 Å². The van der Waals surface area contributed by atoms with Crippen molar-refractivity contribution in [3.63, 3.8) is 0 Å². The van der Waals surface area contributed by atoms with E-state index in [4.69, 9.17) is 9.15 Å². The smallest absolute Gasteiger partial charge is 0.338 e. The zero-order valence-electron chi connectivity index (χ0n) is 14.9. The Labute approximate surface area is 164 Å². The van der Waals surface area contributed by atoms with Gasteiger partial charge >= 0.3 is 5.97 Å². The Kier molecular flexibility index (Phi) is 5.54. The van der Waals surface area contributed by atoms with Crippen LogP contribution >= 0.6 is 0 Å². The molecule has 0 fully saturated rings. The predicted molar refractivity (Wildman–Crippen MR) is 100 cm³/mol. The molecular weight excluding hydrogens is 404 g/mol. The van der Waals surface area contributed by atoms with Crippen LogP contribution in [-0.4, -0.2) is 35.8 Å². The van der Waals surface area contributed by atoms with E-state index in [1.165, 1.54) is 48.5 Å². The molecule has 12 heteroatoms. The van der Waals surface area contributed by atoms with Crippen LogP contribution in [0.5, 0.6) is 0 Å². The highest BCUT2D eigenvalue weighted by Crippen LogP contribution is 2.21. The molecule has 1 N–H and O–H groups in total. The predicted octanol–water partition coefficient (Wildman–Crippen LogP) is 2.37. The Morgan fingerprint density at radius 3 is 2.59 bits per heavy atom. The summed E-state index contributed by atoms with van der Waals surface area (Å²) in [6.45, 7) is -0.303. The topological polar surface area (TPSA) is 155 Å². The van der Waals surface area contributed by atoms with Gasteiger partial charge in [0.15, 0.2) is 6.61 Å². The van der Waals surface area contributed by atoms with E-state index < -0.39 is 20.9 Å². The molecule has 11 nitrogen and oxygen atoms in total. The summed E-state index contributed by atoms with van der Waals surface area (Å²) in [6.07, 6.45) is 0.996. The molecule has 0 saturated carbocycles. The molecule has 150 valence electrons. The van der Waals surface area contributed by atoms with E-state index in [9.17, 15) is 23.3 Å². The van der Waals surface area contributed by atoms with Crippen molar-refractivity contribution >= 4 is 27.4 Å². The van der Waals surface area contributed by atoms with Gasteiger partial charge in [-0.2, -0.15) is 0 Å². The Bertz CT molecular complexity index is 1160. The minimum Gasteiger partial charge on any atom is -0.452 e. The molecule has 0 radical (unpaired) electrons. The maximum absolute atomic E-state index is 12.2. The molecule has 0 bridgehead atoms. The van der Waals surface area contributed by atoms with Gasteiger partial charge in [-0.1, -0.05) is 6.07 Å². The largest absolute Gasteiger partial charge is 0.452 e. The average molecular weight is 418 g/mol. The van der Waals surface area contributed by atoms with Gasteiger partial charge in [-0.25, -0.2) is 13.2 Å². The second kappa shape index (κ2) is 8.06. The molecule has 0 spiro atoms. The lowest BCUT2D eigenvalue weighted by Gasteiger charge is -2.06. The summed E-state index contributed by atoms with van der Waals surface area (Å²) in [4.78, 5) is 22.3. The first-order chi connectivity index (χ1) is 13.7. The summed E-state index contributed by atoms with van der Waals surface area (Å²) >= 11 is 0. The average Bonchev–Trinajstić information content (AvgIpc) is 3.14. The van der Waals surface area contributed by atoms with Crippen LogP contribution in [0.25, 0.3) is 11.5 Å². The maximum atomic E-state index is 12.2. The summed E-state index contributed by atoms with van der Waals surface area (Å²) in [5.41, 5.74) is 0.754. The number of nitro benzene ring substituents is 1. The lowest BCUT2D eigenvalue weighted by atomic mass is 10.2. The molecule has 1 aromatic heterocycles. The van der Waals surface area contributed by atoms with Gasteiger partial charge in [0.25, 0.3) is 11.6 Å². The van der Waals surface area contributed by atoms with Crippen LogP contribution < -0.4 is 4.72 Å². The third-order valence-corrected chi connectivity index (χ3v) is 4.13. The number of benzene rings is 2. The highest BCUT2D eigenvalue weighted by molar-refractivity contribution is 7.92. The highest BCUT2D eigenvalue weighted by Gasteiger charge is 2.14. The minimum atomic E-state index is -3.48. The van der Waals surface area contributed by atoms with Crippen molar-refractivity contribution in [2.24, 2.45) is 0 Å². The van der Waals surface area contributed by atoms with E-state index in [2.05, 4.69) is 14.9 Å². The molecule has 1 heterocycles. The van der Waals surface area contributed by atoms with Gasteiger partial charge in [0.05, 0.1) is 16.7 Å². The van der Waals surface area contributed by atoms with Gasteiger partial charge in [-0.05, 0) is 30.3 Å². The standard InChI is InChI=1S/C17H14N4O7S/c1-29(25,26)20-13-4-2-3-12(9-13)17(22)27-10-15-18-19-16(28-15)11-5-7-14(8-6-11)21(23)24/h2-9,20H,10H2,1H3. The van der Waals surface area contributed by atoms with Gasteiger partial charge in [-0.15, -0.1) is 10.2 Å². The third-order valence-electron chi connectivity index (χ3n) is 3.52. The lowest BCUT2D eigenvalue weighted by Crippen LogP contribution is -2.11. The van der Waals surface area contributed by atoms with Crippen LogP contribution in [0.1, 0.15) is 16.2 Å². The quantitative estimate of drug-likeness (QED) is 0.346. The molecule has 0 atom stereocenters. The second-order valence-electron chi connectivity index (χ2n) is 5.84. The van der Waals surface area contributed by atoms with Crippen molar-refractivity contribution in [2.45, 2.75) is 6.61 Å². The van der Waals surface area contributed by atoms with Crippen molar-refractivity contribution < 1.29 is 27.3 Å². The zero-order chi connectivity index (χ0) is 21.0. The van der Waals surface area contributed by atoms with Crippen LogP contribution in [0.15, 0.2) is 52.9 Å². The molecule has 3 aromatic rings. The van der Waals surface area contributed by atoms with Crippen LogP contribution in [-0.2, 0) is 21.4 Å². The molecule has 2 aromatic carbocycles. The number of sulfonamides is 1. The zero-order valence-corrected chi connectivity index (χ0v) is 15.8. The lowest BCUT2D eigenvalue weighted by molar-refractivity contribution is -0.384. The van der Waals surface area contributed by atoms with E-state index in [0.29, 0.717) is 5.56 Å². The number of carbonyl (C=O) groups is 1. The number of hydrogen-bond acceptors (Lipinski definition) is 9. The monoisotopic (exact) mass is 418 g/mol. The van der Waals surface area contributed by atoms with Crippen molar-refractivity contribution in [2.75, 3.05) is 11.0 Å². The molecular formula is C17H14N4O7S. The fourth-order valence-corrected chi connectivity index (χ4v) is 2.84. The Balaban J connectivity index is 1.64. The molecule has 0 aliphatic heterocycles. The van der Waals surface area contributed by atoms with Crippen LogP contribution in [0, 0.1) is 10.1 Å². The third kappa shape index (κ3) is 5.35. The maximum Gasteiger partial charge on any atom is 0.338 e. The normalized spacial score (nSPS) is 11.1. The molecule has 0 aliphatic carbocycles. The van der Waals surface area contributed by atoms with Gasteiger partial charge in [-0.3, -0.25) is 14.8 Å². The molecule has 0 amide bonds. The highest BCUT2D eigenvalue weighted by atomic mass is 32.2. The molecule has 0 aliphatic rings. The number of nitrogens with one attached hydrogen (secondary N) is 1. The Hall–Kier alpha value is -3.80. The fourth-order valence-electron chi connectivity index (χ4n) is 2.29. The number of carbonyl (C=O) groups excluding carboxylic acids is 1. The number of hydrogen-bond donors (Lipinski definition) is 1. The summed E-state index contributed by atoms with van der Waals surface area (Å²) in [5.74, 6) is -0.570. The number of non-ortho nitro benzene ring substituents is 1. The first kappa shape index (κ1) is 19.9. The molecule has 3 rings (SSSR count). The number of ether oxygens (including phenoxy) is 1. The van der Waals surface area contributed by atoms with Crippen molar-refractivity contribution in [3.8, 4) is 11.5 Å². The first-order valence-corrected chi connectivity index (χ1v) is 9.92. The van der Waals surface area contributed by atoms with Crippen molar-refractivity contribution in [3.05, 3.63) is 70.1 Å². The van der Waals surface area contributed by atoms with E-state index >= 15 is 0 Å². The summed E-state index contributed by atoms with van der Waals surface area (Å²) in [5, 5.41) is 18.3. The van der Waals surface area contributed by atoms with E-state index in [1.807, 2.05) is 0 Å². The van der Waals surface area contributed by atoms with Gasteiger partial charge in [0.2, 0.25) is 15.9 Å². The summed E-state index contributed by atoms with van der Waals surface area (Å²) < 4.78 is 35.3. The number of aromatic nitrogens is 2. The molecule has 0 saturated heterocycles. The van der Waals surface area contributed by atoms with Gasteiger partial charge < -0.3 is 9.15 Å². The first-order valence-electron chi connectivity index (χ1n) is 8.03. The van der Waals surface area contributed by atoms with Crippen molar-refractivity contribution in [1.82, 2.24) is 10.2 Å². The molecule has 0 unspecified atom stereocenters. The summed E-state index contributed by atoms with van der Waals surface area (Å²) in [6, 6.07) is 11.3. The van der Waals surface area contributed by atoms with E-state index in [-0.39, 0.29) is 35.3 Å². The van der Waals surface area contributed by atoms with Crippen molar-refractivity contribution in [1.29, 1.82) is 0 Å². The Morgan fingerprint density at radius 1 is 1.21 bits per heavy atom. The second-order valence-corrected chi connectivity index (χ2v) is 7.58. The Morgan fingerprint density at radius 2 is 1.93 bits per heavy atom. The minimum absolute atomic E-state index is 0.0251. The van der Waals surface area contributed by atoms with E-state index in [1.54, 1.807) is 0 Å². The van der Waals surface area contributed by atoms with Crippen LogP contribution in [0.2, 0.25) is 0 Å². The van der Waals surface area contributed by atoms with Crippen LogP contribution in [0.4, 0.5) is 11.4 Å². The number of esters is 1. The summed E-state index contributed by atoms with van der Waals surface area (Å²) in [7, 11) is -3.48. The van der Waals surface area contributed by atoms with E-state index in [0.717, 1.165) is 6.26 Å². The van der Waals surface area contributed by atoms with Crippen LogP contribution in [0.3, 0.4) is 0 Å². The number of anilines is 1. The SMILES string of the molecule is CS(=O)(=O)Nc1cccc(C(=O)OCc2nnc(-c3ccc([N+](=O)[O-])cc3)o2)c1. The number of nitro groups is 1. The number of rotatable bonds is 7. The number of nitrogens with zero attached hydrogens (tertiary/aromatic N) is 3.